The number of hydrogen-bond acceptors (Lipinski definition) is 3. The standard InChI is InChI=1S/C15H13FN2O3/c16-13-8-4-7-12(17-13)15(21)18(10-9-14(19)20)11-5-2-1-3-6-11/h1-8H,9-10H2,(H,19,20). The van der Waals surface area contributed by atoms with Crippen molar-refractivity contribution in [2.24, 2.45) is 0 Å². The Morgan fingerprint density at radius 1 is 1.10 bits per heavy atom. The summed E-state index contributed by atoms with van der Waals surface area (Å²) in [7, 11) is 0. The maximum atomic E-state index is 13.1. The molecule has 0 aliphatic rings. The molecule has 0 radical (unpaired) electrons. The molecule has 1 amide bonds. The number of para-hydroxylation sites is 1. The SMILES string of the molecule is O=C(O)CCN(C(=O)c1cccc(F)n1)c1ccccc1. The molecule has 1 aromatic heterocycles. The van der Waals surface area contributed by atoms with E-state index >= 15 is 0 Å². The Bertz CT molecular complexity index is 646. The summed E-state index contributed by atoms with van der Waals surface area (Å²) in [5.41, 5.74) is 0.471. The lowest BCUT2D eigenvalue weighted by Crippen LogP contribution is -2.33. The molecule has 0 fully saturated rings. The van der Waals surface area contributed by atoms with E-state index in [0.29, 0.717) is 5.69 Å². The van der Waals surface area contributed by atoms with Crippen molar-refractivity contribution in [3.8, 4) is 0 Å². The Morgan fingerprint density at radius 3 is 2.43 bits per heavy atom. The zero-order valence-corrected chi connectivity index (χ0v) is 11.1. The highest BCUT2D eigenvalue weighted by Crippen LogP contribution is 2.16. The minimum Gasteiger partial charge on any atom is -0.481 e. The molecule has 108 valence electrons. The van der Waals surface area contributed by atoms with Crippen molar-refractivity contribution in [1.29, 1.82) is 0 Å². The lowest BCUT2D eigenvalue weighted by molar-refractivity contribution is -0.136. The number of carboxylic acids is 1. The predicted molar refractivity (Wildman–Crippen MR) is 74.6 cm³/mol. The van der Waals surface area contributed by atoms with Gasteiger partial charge in [0.2, 0.25) is 5.95 Å². The number of nitrogens with zero attached hydrogens (tertiary/aromatic N) is 2. The Kier molecular flexibility index (Phi) is 4.61. The van der Waals surface area contributed by atoms with Gasteiger partial charge < -0.3 is 10.0 Å². The Balaban J connectivity index is 2.30. The second-order valence-electron chi connectivity index (χ2n) is 4.28. The van der Waals surface area contributed by atoms with Crippen LogP contribution in [0.15, 0.2) is 48.5 Å². The normalized spacial score (nSPS) is 10.1. The average Bonchev–Trinajstić information content (AvgIpc) is 2.48. The number of benzene rings is 1. The van der Waals surface area contributed by atoms with Crippen molar-refractivity contribution in [3.63, 3.8) is 0 Å². The van der Waals surface area contributed by atoms with Crippen LogP contribution in [0.2, 0.25) is 0 Å². The van der Waals surface area contributed by atoms with Gasteiger partial charge >= 0.3 is 5.97 Å². The first-order valence-corrected chi connectivity index (χ1v) is 6.29. The molecule has 1 aromatic carbocycles. The van der Waals surface area contributed by atoms with E-state index in [-0.39, 0.29) is 18.7 Å². The second kappa shape index (κ2) is 6.60. The van der Waals surface area contributed by atoms with E-state index in [1.54, 1.807) is 30.3 Å². The number of aliphatic carboxylic acids is 1. The average molecular weight is 288 g/mol. The molecule has 21 heavy (non-hydrogen) atoms. The van der Waals surface area contributed by atoms with Crippen molar-refractivity contribution in [2.45, 2.75) is 6.42 Å². The van der Waals surface area contributed by atoms with Crippen LogP contribution >= 0.6 is 0 Å². The number of hydrogen-bond donors (Lipinski definition) is 1. The van der Waals surface area contributed by atoms with Gasteiger partial charge in [-0.15, -0.1) is 0 Å². The van der Waals surface area contributed by atoms with Crippen LogP contribution in [-0.4, -0.2) is 28.5 Å². The van der Waals surface area contributed by atoms with Crippen molar-refractivity contribution in [3.05, 3.63) is 60.2 Å². The van der Waals surface area contributed by atoms with Crippen molar-refractivity contribution < 1.29 is 19.1 Å². The number of pyridine rings is 1. The van der Waals surface area contributed by atoms with E-state index < -0.39 is 17.8 Å². The van der Waals surface area contributed by atoms with Crippen LogP contribution < -0.4 is 4.90 Å². The maximum Gasteiger partial charge on any atom is 0.305 e. The van der Waals surface area contributed by atoms with Crippen molar-refractivity contribution >= 4 is 17.6 Å². The highest BCUT2D eigenvalue weighted by Gasteiger charge is 2.20. The third-order valence-corrected chi connectivity index (χ3v) is 2.80. The number of carbonyl (C=O) groups is 2. The topological polar surface area (TPSA) is 70.5 Å². The Hall–Kier alpha value is -2.76. The predicted octanol–water partition coefficient (Wildman–Crippen LogP) is 2.34. The van der Waals surface area contributed by atoms with Crippen LogP contribution in [0.25, 0.3) is 0 Å². The lowest BCUT2D eigenvalue weighted by Gasteiger charge is -2.21. The van der Waals surface area contributed by atoms with E-state index in [2.05, 4.69) is 4.98 Å². The summed E-state index contributed by atoms with van der Waals surface area (Å²) in [6.07, 6.45) is -0.212. The molecule has 5 nitrogen and oxygen atoms in total. The van der Waals surface area contributed by atoms with Crippen LogP contribution in [0.4, 0.5) is 10.1 Å². The van der Waals surface area contributed by atoms with Gasteiger partial charge in [0.05, 0.1) is 6.42 Å². The highest BCUT2D eigenvalue weighted by molar-refractivity contribution is 6.04. The first-order chi connectivity index (χ1) is 10.1. The minimum absolute atomic E-state index is 0.0175. The first kappa shape index (κ1) is 14.6. The van der Waals surface area contributed by atoms with E-state index in [9.17, 15) is 14.0 Å². The largest absolute Gasteiger partial charge is 0.481 e. The number of aromatic nitrogens is 1. The molecule has 6 heteroatoms. The van der Waals surface area contributed by atoms with Crippen LogP contribution in [-0.2, 0) is 4.79 Å². The Labute approximate surface area is 120 Å². The Morgan fingerprint density at radius 2 is 1.81 bits per heavy atom. The monoisotopic (exact) mass is 288 g/mol. The summed E-state index contributed by atoms with van der Waals surface area (Å²) in [5, 5.41) is 8.79. The van der Waals surface area contributed by atoms with Gasteiger partial charge in [-0.3, -0.25) is 9.59 Å². The summed E-state index contributed by atoms with van der Waals surface area (Å²) < 4.78 is 13.1. The molecule has 0 saturated heterocycles. The van der Waals surface area contributed by atoms with E-state index in [0.717, 1.165) is 6.07 Å². The molecule has 1 N–H and O–H groups in total. The fourth-order valence-electron chi connectivity index (χ4n) is 1.83. The molecule has 0 bridgehead atoms. The number of rotatable bonds is 5. The lowest BCUT2D eigenvalue weighted by atomic mass is 10.2. The van der Waals surface area contributed by atoms with Crippen LogP contribution in [0.5, 0.6) is 0 Å². The van der Waals surface area contributed by atoms with E-state index in [1.165, 1.54) is 17.0 Å². The van der Waals surface area contributed by atoms with Crippen molar-refractivity contribution in [1.82, 2.24) is 4.98 Å². The first-order valence-electron chi connectivity index (χ1n) is 6.29. The molecular formula is C15H13FN2O3. The molecule has 0 saturated carbocycles. The molecule has 0 atom stereocenters. The number of anilines is 1. The van der Waals surface area contributed by atoms with Gasteiger partial charge in [-0.2, -0.15) is 4.39 Å². The third-order valence-electron chi connectivity index (χ3n) is 2.80. The summed E-state index contributed by atoms with van der Waals surface area (Å²) in [6.45, 7) is -0.0175. The van der Waals surface area contributed by atoms with Gasteiger partial charge in [0.25, 0.3) is 5.91 Å². The van der Waals surface area contributed by atoms with Gasteiger partial charge in [-0.25, -0.2) is 4.98 Å². The van der Waals surface area contributed by atoms with Crippen LogP contribution in [0, 0.1) is 5.95 Å². The quantitative estimate of drug-likeness (QED) is 0.857. The molecule has 2 rings (SSSR count). The number of amides is 1. The fourth-order valence-corrected chi connectivity index (χ4v) is 1.83. The molecule has 0 unspecified atom stereocenters. The van der Waals surface area contributed by atoms with Gasteiger partial charge in [0.1, 0.15) is 5.69 Å². The molecule has 2 aromatic rings. The van der Waals surface area contributed by atoms with Crippen LogP contribution in [0.1, 0.15) is 16.9 Å². The summed E-state index contributed by atoms with van der Waals surface area (Å²) in [6, 6.07) is 12.5. The van der Waals surface area contributed by atoms with Crippen molar-refractivity contribution in [2.75, 3.05) is 11.4 Å². The summed E-state index contributed by atoms with van der Waals surface area (Å²) >= 11 is 0. The van der Waals surface area contributed by atoms with Gasteiger partial charge in [-0.05, 0) is 24.3 Å². The third kappa shape index (κ3) is 3.85. The highest BCUT2D eigenvalue weighted by atomic mass is 19.1. The number of halogens is 1. The molecule has 1 heterocycles. The maximum absolute atomic E-state index is 13.1. The number of carbonyl (C=O) groups excluding carboxylic acids is 1. The zero-order chi connectivity index (χ0) is 15.2. The second-order valence-corrected chi connectivity index (χ2v) is 4.28. The smallest absolute Gasteiger partial charge is 0.305 e. The van der Waals surface area contributed by atoms with Gasteiger partial charge in [0.15, 0.2) is 0 Å². The minimum atomic E-state index is -1.02. The summed E-state index contributed by atoms with van der Waals surface area (Å²) in [4.78, 5) is 28.0. The molecule has 0 spiro atoms. The molecular weight excluding hydrogens is 275 g/mol. The van der Waals surface area contributed by atoms with E-state index in [4.69, 9.17) is 5.11 Å². The van der Waals surface area contributed by atoms with E-state index in [1.807, 2.05) is 0 Å². The van der Waals surface area contributed by atoms with Crippen LogP contribution in [0.3, 0.4) is 0 Å². The molecule has 0 aliphatic heterocycles. The van der Waals surface area contributed by atoms with Gasteiger partial charge in [0, 0.05) is 12.2 Å². The zero-order valence-electron chi connectivity index (χ0n) is 11.1. The molecule has 0 aliphatic carbocycles. The van der Waals surface area contributed by atoms with Gasteiger partial charge in [-0.1, -0.05) is 24.3 Å². The summed E-state index contributed by atoms with van der Waals surface area (Å²) in [5.74, 6) is -2.31. The number of carboxylic acid groups (broad SMARTS) is 1. The fraction of sp³-hybridized carbons (Fsp3) is 0.133.